The summed E-state index contributed by atoms with van der Waals surface area (Å²) in [5.74, 6) is 0.816. The second-order valence-corrected chi connectivity index (χ2v) is 15.4. The molecule has 1 unspecified atom stereocenters. The van der Waals surface area contributed by atoms with E-state index in [1.165, 1.54) is 35.2 Å². The van der Waals surface area contributed by atoms with Crippen LogP contribution in [0.4, 0.5) is 22.2 Å². The van der Waals surface area contributed by atoms with Crippen molar-refractivity contribution in [3.8, 4) is 0 Å². The van der Waals surface area contributed by atoms with E-state index in [9.17, 15) is 28.5 Å². The molecule has 5 atom stereocenters. The molecule has 0 bridgehead atoms. The van der Waals surface area contributed by atoms with Gasteiger partial charge in [0.25, 0.3) is 0 Å². The molecule has 2 saturated heterocycles. The Balaban J connectivity index is 1.08. The van der Waals surface area contributed by atoms with E-state index in [0.29, 0.717) is 49.0 Å². The lowest BCUT2D eigenvalue weighted by molar-refractivity contribution is -0.0434. The van der Waals surface area contributed by atoms with Gasteiger partial charge in [-0.3, -0.25) is 4.57 Å². The number of nitrogens with zero attached hydrogens (tertiary/aromatic N) is 6. The molecule has 2 amide bonds. The summed E-state index contributed by atoms with van der Waals surface area (Å²) in [6.07, 6.45) is -3.04. The monoisotopic (exact) mass is 796 g/mol. The summed E-state index contributed by atoms with van der Waals surface area (Å²) in [6, 6.07) is 26.4. The quantitative estimate of drug-likeness (QED) is 0.0940. The van der Waals surface area contributed by atoms with Gasteiger partial charge in [-0.15, -0.1) is 0 Å². The van der Waals surface area contributed by atoms with Gasteiger partial charge in [0.05, 0.1) is 17.8 Å². The van der Waals surface area contributed by atoms with Gasteiger partial charge in [-0.05, 0) is 35.7 Å². The van der Waals surface area contributed by atoms with Crippen LogP contribution in [0.5, 0.6) is 0 Å². The number of rotatable bonds is 12. The van der Waals surface area contributed by atoms with Crippen molar-refractivity contribution < 1.29 is 37.8 Å². The Morgan fingerprint density at radius 3 is 2.39 bits per heavy atom. The molecule has 2 fully saturated rings. The van der Waals surface area contributed by atoms with Gasteiger partial charge in [0.1, 0.15) is 24.0 Å². The van der Waals surface area contributed by atoms with E-state index < -0.39 is 40.6 Å². The summed E-state index contributed by atoms with van der Waals surface area (Å²) in [5, 5.41) is 49.9. The predicted molar refractivity (Wildman–Crippen MR) is 206 cm³/mol. The highest BCUT2D eigenvalue weighted by Crippen LogP contribution is 2.41. The summed E-state index contributed by atoms with van der Waals surface area (Å²) in [5.41, 5.74) is 3.40. The third-order valence-electron chi connectivity index (χ3n) is 10.0. The molecule has 57 heavy (non-hydrogen) atoms. The fourth-order valence-electron chi connectivity index (χ4n) is 7.18. The minimum absolute atomic E-state index is 0.0610. The number of amides is 2. The van der Waals surface area contributed by atoms with Gasteiger partial charge in [0.15, 0.2) is 29.0 Å². The number of imidazole rings is 1. The molecular weight excluding hydrogens is 757 g/mol. The third kappa shape index (κ3) is 8.01. The molecule has 3 aromatic heterocycles. The number of hydrogen-bond donors (Lipinski definition) is 7. The average molecular weight is 797 g/mol. The number of urea groups is 1. The third-order valence-corrected chi connectivity index (χ3v) is 11.0. The van der Waals surface area contributed by atoms with E-state index in [4.69, 9.17) is 24.4 Å². The van der Waals surface area contributed by atoms with Crippen LogP contribution in [0, 0.1) is 0 Å². The average Bonchev–Trinajstić information content (AvgIpc) is 4.03. The number of nitrogens with two attached hydrogens (primary N) is 1. The number of hydrogen-bond acceptors (Lipinski definition) is 14. The molecular formula is C38H40N10O8S. The Morgan fingerprint density at radius 1 is 0.965 bits per heavy atom. The standard InChI is InChI=1S/C38H40N10O8S/c39-57(53,54)27-13-7-12-24(16-27)42-38(52)43-25-14-15-47(19-25)37-44-34(40-18-28(22-8-3-1-4-9-22)23-10-5-2-6-11-23)30-35(45-37)48(21-41-30)36-32(51)31(50)33(55-36)29-17-26(20-49)46-56-29/h1-13,16-17,21,25,28,31-33,36,49-51H,14-15,18-20H2,(H2,39,53,54)(H,40,44,45)(H2,42,43,52)/t25?,31-,32+,33+,36+/m0/s1. The molecule has 8 rings (SSSR count). The summed E-state index contributed by atoms with van der Waals surface area (Å²) in [6.45, 7) is 0.874. The van der Waals surface area contributed by atoms with Crippen molar-refractivity contribution in [2.75, 3.05) is 35.2 Å². The van der Waals surface area contributed by atoms with E-state index >= 15 is 0 Å². The molecule has 5 heterocycles. The summed E-state index contributed by atoms with van der Waals surface area (Å²) in [7, 11) is -3.96. The Bertz CT molecular complexity index is 2430. The maximum atomic E-state index is 13.0. The maximum Gasteiger partial charge on any atom is 0.319 e. The van der Waals surface area contributed by atoms with Crippen LogP contribution in [0.3, 0.4) is 0 Å². The molecule has 296 valence electrons. The Hall–Kier alpha value is -5.96. The van der Waals surface area contributed by atoms with Crippen molar-refractivity contribution in [1.29, 1.82) is 0 Å². The number of carbonyl (C=O) groups excluding carboxylic acids is 1. The molecule has 2 aliphatic rings. The number of primary sulfonamides is 1. The van der Waals surface area contributed by atoms with Crippen LogP contribution in [0.2, 0.25) is 0 Å². The van der Waals surface area contributed by atoms with E-state index in [2.05, 4.69) is 50.4 Å². The molecule has 19 heteroatoms. The lowest BCUT2D eigenvalue weighted by Gasteiger charge is -2.22. The number of sulfonamides is 1. The zero-order valence-electron chi connectivity index (χ0n) is 30.3. The first kappa shape index (κ1) is 37.9. The van der Waals surface area contributed by atoms with Crippen molar-refractivity contribution in [1.82, 2.24) is 30.0 Å². The predicted octanol–water partition coefficient (Wildman–Crippen LogP) is 2.59. The molecule has 0 spiro atoms. The molecule has 3 aromatic carbocycles. The van der Waals surface area contributed by atoms with Gasteiger partial charge in [0.2, 0.25) is 16.0 Å². The van der Waals surface area contributed by atoms with E-state index in [-0.39, 0.29) is 40.6 Å². The number of anilines is 3. The summed E-state index contributed by atoms with van der Waals surface area (Å²) in [4.78, 5) is 29.3. The highest BCUT2D eigenvalue weighted by atomic mass is 32.2. The normalized spacial score (nSPS) is 21.0. The van der Waals surface area contributed by atoms with Crippen LogP contribution in [-0.4, -0.2) is 92.3 Å². The van der Waals surface area contributed by atoms with Crippen LogP contribution >= 0.6 is 0 Å². The van der Waals surface area contributed by atoms with Crippen molar-refractivity contribution >= 4 is 44.7 Å². The minimum Gasteiger partial charge on any atom is -0.390 e. The van der Waals surface area contributed by atoms with Crippen LogP contribution < -0.4 is 26.0 Å². The van der Waals surface area contributed by atoms with Crippen LogP contribution in [0.15, 0.2) is 107 Å². The topological polar surface area (TPSA) is 256 Å². The second kappa shape index (κ2) is 15.9. The van der Waals surface area contributed by atoms with Gasteiger partial charge in [-0.25, -0.2) is 23.3 Å². The first-order valence-electron chi connectivity index (χ1n) is 18.2. The van der Waals surface area contributed by atoms with Gasteiger partial charge in [0, 0.05) is 43.3 Å². The summed E-state index contributed by atoms with van der Waals surface area (Å²) < 4.78 is 36.6. The zero-order chi connectivity index (χ0) is 39.7. The van der Waals surface area contributed by atoms with E-state index in [1.807, 2.05) is 41.3 Å². The number of carbonyl (C=O) groups is 1. The van der Waals surface area contributed by atoms with Gasteiger partial charge in [-0.1, -0.05) is 71.9 Å². The number of aliphatic hydroxyl groups excluding tert-OH is 3. The molecule has 18 nitrogen and oxygen atoms in total. The van der Waals surface area contributed by atoms with Crippen molar-refractivity contribution in [2.45, 2.75) is 54.4 Å². The van der Waals surface area contributed by atoms with Crippen LogP contribution in [0.25, 0.3) is 11.2 Å². The SMILES string of the molecule is NS(=O)(=O)c1cccc(NC(=O)NC2CCN(c3nc(NCC(c4ccccc4)c4ccccc4)c4ncn([C@@H]5O[C@H](c6cc(CO)no6)[C@@H](O)[C@H]5O)c4n3)C2)c1. The summed E-state index contributed by atoms with van der Waals surface area (Å²) >= 11 is 0. The highest BCUT2D eigenvalue weighted by molar-refractivity contribution is 7.89. The minimum atomic E-state index is -3.96. The van der Waals surface area contributed by atoms with Gasteiger partial charge < -0.3 is 45.4 Å². The number of benzene rings is 3. The van der Waals surface area contributed by atoms with Crippen LogP contribution in [0.1, 0.15) is 47.3 Å². The van der Waals surface area contributed by atoms with Gasteiger partial charge in [-0.2, -0.15) is 9.97 Å². The molecule has 0 aliphatic carbocycles. The number of aromatic nitrogens is 5. The molecule has 6 aromatic rings. The number of nitrogens with one attached hydrogen (secondary N) is 3. The zero-order valence-corrected chi connectivity index (χ0v) is 31.1. The van der Waals surface area contributed by atoms with E-state index in [1.54, 1.807) is 6.07 Å². The van der Waals surface area contributed by atoms with Crippen molar-refractivity contribution in [2.24, 2.45) is 5.14 Å². The smallest absolute Gasteiger partial charge is 0.319 e. The lowest BCUT2D eigenvalue weighted by Crippen LogP contribution is -2.40. The number of aliphatic hydroxyl groups is 3. The first-order chi connectivity index (χ1) is 27.6. The van der Waals surface area contributed by atoms with Crippen molar-refractivity contribution in [3.05, 3.63) is 120 Å². The number of fused-ring (bicyclic) bond motifs is 1. The lowest BCUT2D eigenvalue weighted by atomic mass is 9.91. The Kier molecular flexibility index (Phi) is 10.6. The highest BCUT2D eigenvalue weighted by Gasteiger charge is 2.47. The molecule has 0 radical (unpaired) electrons. The fraction of sp³-hybridized carbons (Fsp3) is 0.289. The maximum absolute atomic E-state index is 13.0. The number of ether oxygens (including phenoxy) is 1. The second-order valence-electron chi connectivity index (χ2n) is 13.9. The Morgan fingerprint density at radius 2 is 1.70 bits per heavy atom. The molecule has 0 saturated carbocycles. The first-order valence-corrected chi connectivity index (χ1v) is 19.7. The largest absolute Gasteiger partial charge is 0.390 e. The van der Waals surface area contributed by atoms with Crippen LogP contribution in [-0.2, 0) is 21.4 Å². The fourth-order valence-corrected chi connectivity index (χ4v) is 7.74. The van der Waals surface area contributed by atoms with Crippen molar-refractivity contribution in [3.63, 3.8) is 0 Å². The molecule has 8 N–H and O–H groups in total. The molecule has 2 aliphatic heterocycles. The Labute approximate surface area is 326 Å². The van der Waals surface area contributed by atoms with Gasteiger partial charge >= 0.3 is 6.03 Å². The van der Waals surface area contributed by atoms with E-state index in [0.717, 1.165) is 11.1 Å².